The van der Waals surface area contributed by atoms with Gasteiger partial charge in [0.25, 0.3) is 0 Å². The molecule has 1 nitrogen and oxygen atoms in total. The van der Waals surface area contributed by atoms with Gasteiger partial charge in [-0.15, -0.1) is 0 Å². The first-order valence-corrected chi connectivity index (χ1v) is 10.8. The number of hydrogen-bond donors (Lipinski definition) is 0. The molecule has 0 spiro atoms. The first-order valence-electron chi connectivity index (χ1n) is 10.8. The number of benzene rings is 2. The molecule has 0 saturated heterocycles. The van der Waals surface area contributed by atoms with Gasteiger partial charge in [0.2, 0.25) is 0 Å². The van der Waals surface area contributed by atoms with Crippen LogP contribution >= 0.6 is 0 Å². The zero-order chi connectivity index (χ0) is 21.5. The maximum Gasteiger partial charge on any atom is 0.126 e. The summed E-state index contributed by atoms with van der Waals surface area (Å²) in [6.07, 6.45) is 6.77. The molecular weight excluding hydrogens is 366 g/mol. The standard InChI is InChI=1S/C26H36F2O/c1-6-7-8-9-13-26(5,29-24-12-10-11-22(27)17-24)19-21-14-20(15-23(28)16-21)18-25(2,3)4/h10-12,14-17H,6-9,13,18-19H2,1-5H3. The minimum atomic E-state index is -0.520. The van der Waals surface area contributed by atoms with Crippen molar-refractivity contribution < 1.29 is 13.5 Å². The summed E-state index contributed by atoms with van der Waals surface area (Å²) in [7, 11) is 0. The van der Waals surface area contributed by atoms with Gasteiger partial charge in [-0.3, -0.25) is 0 Å². The third-order valence-corrected chi connectivity index (χ3v) is 5.05. The van der Waals surface area contributed by atoms with Gasteiger partial charge in [0.05, 0.1) is 0 Å². The largest absolute Gasteiger partial charge is 0.487 e. The van der Waals surface area contributed by atoms with Crippen molar-refractivity contribution in [2.24, 2.45) is 5.41 Å². The summed E-state index contributed by atoms with van der Waals surface area (Å²) in [6, 6.07) is 11.6. The Hall–Kier alpha value is -1.90. The topological polar surface area (TPSA) is 9.23 Å². The fourth-order valence-corrected chi connectivity index (χ4v) is 3.88. The number of halogens is 2. The van der Waals surface area contributed by atoms with Crippen LogP contribution in [-0.4, -0.2) is 5.60 Å². The smallest absolute Gasteiger partial charge is 0.126 e. The number of ether oxygens (including phenoxy) is 1. The molecule has 29 heavy (non-hydrogen) atoms. The quantitative estimate of drug-likeness (QED) is 0.367. The van der Waals surface area contributed by atoms with Gasteiger partial charge in [-0.2, -0.15) is 0 Å². The molecule has 2 aromatic carbocycles. The lowest BCUT2D eigenvalue weighted by atomic mass is 9.85. The first kappa shape index (κ1) is 23.4. The Kier molecular flexibility index (Phi) is 8.24. The summed E-state index contributed by atoms with van der Waals surface area (Å²) in [6.45, 7) is 10.7. The van der Waals surface area contributed by atoms with Crippen molar-refractivity contribution >= 4 is 0 Å². The van der Waals surface area contributed by atoms with Gasteiger partial charge in [0.1, 0.15) is 23.0 Å². The van der Waals surface area contributed by atoms with Crippen molar-refractivity contribution in [3.63, 3.8) is 0 Å². The molecule has 0 N–H and O–H groups in total. The van der Waals surface area contributed by atoms with Gasteiger partial charge in [-0.25, -0.2) is 8.78 Å². The van der Waals surface area contributed by atoms with E-state index >= 15 is 0 Å². The Morgan fingerprint density at radius 1 is 0.793 bits per heavy atom. The van der Waals surface area contributed by atoms with E-state index in [-0.39, 0.29) is 17.0 Å². The van der Waals surface area contributed by atoms with Crippen molar-refractivity contribution in [2.75, 3.05) is 0 Å². The van der Waals surface area contributed by atoms with Gasteiger partial charge >= 0.3 is 0 Å². The number of hydrogen-bond acceptors (Lipinski definition) is 1. The number of rotatable bonds is 10. The van der Waals surface area contributed by atoms with Crippen LogP contribution in [0.3, 0.4) is 0 Å². The van der Waals surface area contributed by atoms with E-state index in [4.69, 9.17) is 4.74 Å². The van der Waals surface area contributed by atoms with Crippen molar-refractivity contribution in [3.05, 3.63) is 65.2 Å². The van der Waals surface area contributed by atoms with Crippen LogP contribution in [0.25, 0.3) is 0 Å². The molecule has 0 fully saturated rings. The average Bonchev–Trinajstić information content (AvgIpc) is 2.56. The number of unbranched alkanes of at least 4 members (excludes halogenated alkanes) is 3. The van der Waals surface area contributed by atoms with E-state index in [1.807, 2.05) is 0 Å². The van der Waals surface area contributed by atoms with Crippen LogP contribution < -0.4 is 4.74 Å². The first-order chi connectivity index (χ1) is 13.6. The van der Waals surface area contributed by atoms with Gasteiger partial charge < -0.3 is 4.74 Å². The monoisotopic (exact) mass is 402 g/mol. The van der Waals surface area contributed by atoms with Gasteiger partial charge in [0, 0.05) is 12.5 Å². The zero-order valence-corrected chi connectivity index (χ0v) is 18.7. The highest BCUT2D eigenvalue weighted by atomic mass is 19.1. The van der Waals surface area contributed by atoms with Crippen LogP contribution in [0.5, 0.6) is 5.75 Å². The van der Waals surface area contributed by atoms with Crippen LogP contribution in [-0.2, 0) is 12.8 Å². The minimum Gasteiger partial charge on any atom is -0.487 e. The lowest BCUT2D eigenvalue weighted by Crippen LogP contribution is -2.35. The third kappa shape index (κ3) is 8.55. The highest BCUT2D eigenvalue weighted by molar-refractivity contribution is 5.28. The van der Waals surface area contributed by atoms with Crippen LogP contribution in [0.15, 0.2) is 42.5 Å². The Morgan fingerprint density at radius 3 is 2.10 bits per heavy atom. The summed E-state index contributed by atoms with van der Waals surface area (Å²) in [4.78, 5) is 0. The zero-order valence-electron chi connectivity index (χ0n) is 18.7. The van der Waals surface area contributed by atoms with E-state index in [1.165, 1.54) is 25.0 Å². The van der Waals surface area contributed by atoms with Crippen LogP contribution in [0, 0.1) is 17.0 Å². The predicted molar refractivity (Wildman–Crippen MR) is 117 cm³/mol. The second-order valence-electron chi connectivity index (χ2n) is 9.70. The molecular formula is C26H36F2O. The molecule has 0 heterocycles. The molecule has 1 atom stereocenters. The second-order valence-corrected chi connectivity index (χ2v) is 9.70. The second kappa shape index (κ2) is 10.2. The molecule has 3 heteroatoms. The van der Waals surface area contributed by atoms with E-state index in [0.29, 0.717) is 12.2 Å². The molecule has 1 unspecified atom stereocenters. The van der Waals surface area contributed by atoms with Crippen molar-refractivity contribution in [2.45, 2.75) is 85.2 Å². The molecule has 0 saturated carbocycles. The fourth-order valence-electron chi connectivity index (χ4n) is 3.88. The molecule has 0 bridgehead atoms. The lowest BCUT2D eigenvalue weighted by Gasteiger charge is -2.32. The lowest BCUT2D eigenvalue weighted by molar-refractivity contribution is 0.0758. The van der Waals surface area contributed by atoms with Crippen molar-refractivity contribution in [1.29, 1.82) is 0 Å². The summed E-state index contributed by atoms with van der Waals surface area (Å²) in [5.41, 5.74) is 1.51. The molecule has 0 aliphatic carbocycles. The Morgan fingerprint density at radius 2 is 1.48 bits per heavy atom. The van der Waals surface area contributed by atoms with E-state index in [9.17, 15) is 8.78 Å². The van der Waals surface area contributed by atoms with E-state index < -0.39 is 5.60 Å². The normalized spacial score (nSPS) is 13.9. The molecule has 0 amide bonds. The molecule has 0 radical (unpaired) electrons. The Balaban J connectivity index is 2.24. The highest BCUT2D eigenvalue weighted by Gasteiger charge is 2.27. The predicted octanol–water partition coefficient (Wildman–Crippen LogP) is 7.90. The summed E-state index contributed by atoms with van der Waals surface area (Å²) in [5.74, 6) is 0.00389. The summed E-state index contributed by atoms with van der Waals surface area (Å²) < 4.78 is 34.3. The van der Waals surface area contributed by atoms with Gasteiger partial charge in [0.15, 0.2) is 0 Å². The average molecular weight is 403 g/mol. The van der Waals surface area contributed by atoms with Crippen LogP contribution in [0.4, 0.5) is 8.78 Å². The van der Waals surface area contributed by atoms with Crippen LogP contribution in [0.1, 0.15) is 77.8 Å². The third-order valence-electron chi connectivity index (χ3n) is 5.05. The molecule has 160 valence electrons. The highest BCUT2D eigenvalue weighted by Crippen LogP contribution is 2.30. The van der Waals surface area contributed by atoms with Crippen molar-refractivity contribution in [1.82, 2.24) is 0 Å². The minimum absolute atomic E-state index is 0.0899. The SMILES string of the molecule is CCCCCCC(C)(Cc1cc(F)cc(CC(C)(C)C)c1)Oc1cccc(F)c1. The van der Waals surface area contributed by atoms with E-state index in [0.717, 1.165) is 36.8 Å². The molecule has 0 aliphatic heterocycles. The van der Waals surface area contributed by atoms with Crippen molar-refractivity contribution in [3.8, 4) is 5.75 Å². The van der Waals surface area contributed by atoms with E-state index in [1.54, 1.807) is 24.3 Å². The maximum atomic E-state index is 14.3. The summed E-state index contributed by atoms with van der Waals surface area (Å²) in [5, 5.41) is 0. The Bertz CT molecular complexity index is 779. The Labute approximate surface area is 175 Å². The summed E-state index contributed by atoms with van der Waals surface area (Å²) >= 11 is 0. The van der Waals surface area contributed by atoms with Crippen LogP contribution in [0.2, 0.25) is 0 Å². The molecule has 0 aliphatic rings. The fraction of sp³-hybridized carbons (Fsp3) is 0.538. The van der Waals surface area contributed by atoms with E-state index in [2.05, 4.69) is 40.7 Å². The van der Waals surface area contributed by atoms with Gasteiger partial charge in [-0.05, 0) is 67.0 Å². The van der Waals surface area contributed by atoms with Gasteiger partial charge in [-0.1, -0.05) is 59.1 Å². The molecule has 2 aromatic rings. The molecule has 2 rings (SSSR count). The maximum absolute atomic E-state index is 14.3. The molecule has 0 aromatic heterocycles.